The molecule has 2 rings (SSSR count). The van der Waals surface area contributed by atoms with Gasteiger partial charge in [-0.3, -0.25) is 4.79 Å². The highest BCUT2D eigenvalue weighted by molar-refractivity contribution is 6.39. The Labute approximate surface area is 137 Å². The first-order valence-electron chi connectivity index (χ1n) is 7.54. The van der Waals surface area contributed by atoms with Gasteiger partial charge in [0.2, 0.25) is 0 Å². The van der Waals surface area contributed by atoms with Gasteiger partial charge in [0.25, 0.3) is 5.91 Å². The fraction of sp³-hybridized carbons (Fsp3) is 0.263. The van der Waals surface area contributed by atoms with Gasteiger partial charge in [0.15, 0.2) is 0 Å². The summed E-state index contributed by atoms with van der Waals surface area (Å²) < 4.78 is 0. The van der Waals surface area contributed by atoms with Crippen molar-refractivity contribution in [2.45, 2.75) is 20.3 Å². The Hall–Kier alpha value is -2.62. The SMILES string of the molecule is CNC(=O)C(Cc1cc(-c2ccccc2C)ccc1C)=NOC. The minimum atomic E-state index is -0.229. The molecule has 4 nitrogen and oxygen atoms in total. The lowest BCUT2D eigenvalue weighted by molar-refractivity contribution is -0.114. The molecule has 2 aromatic carbocycles. The van der Waals surface area contributed by atoms with Gasteiger partial charge in [-0.05, 0) is 41.7 Å². The van der Waals surface area contributed by atoms with Crippen molar-refractivity contribution >= 4 is 11.6 Å². The molecule has 0 aliphatic heterocycles. The molecule has 0 aliphatic carbocycles. The average Bonchev–Trinajstić information content (AvgIpc) is 2.56. The summed E-state index contributed by atoms with van der Waals surface area (Å²) in [5.74, 6) is -0.229. The van der Waals surface area contributed by atoms with Gasteiger partial charge in [-0.2, -0.15) is 0 Å². The van der Waals surface area contributed by atoms with Crippen LogP contribution in [0.15, 0.2) is 47.6 Å². The minimum Gasteiger partial charge on any atom is -0.399 e. The second kappa shape index (κ2) is 7.58. The lowest BCUT2D eigenvalue weighted by Gasteiger charge is -2.12. The van der Waals surface area contributed by atoms with Crippen LogP contribution in [0, 0.1) is 13.8 Å². The highest BCUT2D eigenvalue weighted by atomic mass is 16.6. The summed E-state index contributed by atoms with van der Waals surface area (Å²) in [6.45, 7) is 4.13. The summed E-state index contributed by atoms with van der Waals surface area (Å²) in [6.07, 6.45) is 0.430. The molecular formula is C19H22N2O2. The molecule has 0 radical (unpaired) electrons. The molecule has 1 N–H and O–H groups in total. The first kappa shape index (κ1) is 16.7. The molecule has 1 amide bonds. The van der Waals surface area contributed by atoms with Crippen LogP contribution in [-0.4, -0.2) is 25.8 Å². The molecule has 0 aromatic heterocycles. The number of nitrogens with one attached hydrogen (secondary N) is 1. The summed E-state index contributed by atoms with van der Waals surface area (Å²) in [6, 6.07) is 14.6. The number of carbonyl (C=O) groups excluding carboxylic acids is 1. The fourth-order valence-electron chi connectivity index (χ4n) is 2.52. The van der Waals surface area contributed by atoms with Crippen LogP contribution in [0.1, 0.15) is 16.7 Å². The van der Waals surface area contributed by atoms with Crippen LogP contribution in [0.25, 0.3) is 11.1 Å². The lowest BCUT2D eigenvalue weighted by atomic mass is 9.94. The van der Waals surface area contributed by atoms with Gasteiger partial charge in [0.05, 0.1) is 0 Å². The summed E-state index contributed by atoms with van der Waals surface area (Å²) in [7, 11) is 3.03. The topological polar surface area (TPSA) is 50.7 Å². The van der Waals surface area contributed by atoms with Crippen molar-refractivity contribution in [1.29, 1.82) is 0 Å². The first-order valence-corrected chi connectivity index (χ1v) is 7.54. The Morgan fingerprint density at radius 2 is 1.87 bits per heavy atom. The quantitative estimate of drug-likeness (QED) is 0.681. The van der Waals surface area contributed by atoms with Crippen molar-refractivity contribution in [2.24, 2.45) is 5.16 Å². The Morgan fingerprint density at radius 3 is 2.52 bits per heavy atom. The number of aryl methyl sites for hydroxylation is 2. The number of oxime groups is 1. The van der Waals surface area contributed by atoms with E-state index in [1.54, 1.807) is 7.05 Å². The van der Waals surface area contributed by atoms with E-state index in [2.05, 4.69) is 47.7 Å². The second-order valence-corrected chi connectivity index (χ2v) is 5.43. The number of rotatable bonds is 5. The molecule has 0 saturated carbocycles. The molecule has 23 heavy (non-hydrogen) atoms. The van der Waals surface area contributed by atoms with Crippen LogP contribution in [0.2, 0.25) is 0 Å². The van der Waals surface area contributed by atoms with E-state index < -0.39 is 0 Å². The Kier molecular flexibility index (Phi) is 5.52. The molecule has 0 saturated heterocycles. The Balaban J connectivity index is 2.40. The smallest absolute Gasteiger partial charge is 0.269 e. The summed E-state index contributed by atoms with van der Waals surface area (Å²) >= 11 is 0. The third-order valence-corrected chi connectivity index (χ3v) is 3.85. The second-order valence-electron chi connectivity index (χ2n) is 5.43. The zero-order valence-corrected chi connectivity index (χ0v) is 14.0. The van der Waals surface area contributed by atoms with E-state index in [-0.39, 0.29) is 5.91 Å². The van der Waals surface area contributed by atoms with Gasteiger partial charge in [-0.25, -0.2) is 0 Å². The van der Waals surface area contributed by atoms with Crippen LogP contribution in [-0.2, 0) is 16.1 Å². The summed E-state index contributed by atoms with van der Waals surface area (Å²) in [4.78, 5) is 16.7. The van der Waals surface area contributed by atoms with Gasteiger partial charge in [-0.15, -0.1) is 0 Å². The highest BCUT2D eigenvalue weighted by Gasteiger charge is 2.14. The van der Waals surface area contributed by atoms with Gasteiger partial charge < -0.3 is 10.2 Å². The molecule has 0 bridgehead atoms. The molecule has 120 valence electrons. The zero-order valence-electron chi connectivity index (χ0n) is 14.0. The van der Waals surface area contributed by atoms with E-state index in [0.29, 0.717) is 12.1 Å². The van der Waals surface area contributed by atoms with Crippen LogP contribution in [0.5, 0.6) is 0 Å². The lowest BCUT2D eigenvalue weighted by Crippen LogP contribution is -2.29. The van der Waals surface area contributed by atoms with E-state index in [9.17, 15) is 4.79 Å². The summed E-state index contributed by atoms with van der Waals surface area (Å²) in [5, 5.41) is 6.45. The maximum Gasteiger partial charge on any atom is 0.269 e. The third-order valence-electron chi connectivity index (χ3n) is 3.85. The summed E-state index contributed by atoms with van der Waals surface area (Å²) in [5.41, 5.74) is 6.09. The number of amides is 1. The van der Waals surface area contributed by atoms with Crippen LogP contribution in [0.4, 0.5) is 0 Å². The Bertz CT molecular complexity index is 736. The van der Waals surface area contributed by atoms with Crippen LogP contribution < -0.4 is 5.32 Å². The van der Waals surface area contributed by atoms with E-state index in [0.717, 1.165) is 16.7 Å². The molecule has 0 spiro atoms. The number of nitrogens with zero attached hydrogens (tertiary/aromatic N) is 1. The molecule has 4 heteroatoms. The predicted molar refractivity (Wildman–Crippen MR) is 93.6 cm³/mol. The Morgan fingerprint density at radius 1 is 1.13 bits per heavy atom. The molecular weight excluding hydrogens is 288 g/mol. The van der Waals surface area contributed by atoms with Crippen molar-refractivity contribution in [3.05, 3.63) is 59.2 Å². The maximum atomic E-state index is 11.9. The van der Waals surface area contributed by atoms with Crippen molar-refractivity contribution in [3.8, 4) is 11.1 Å². The third kappa shape index (κ3) is 3.97. The molecule has 0 unspecified atom stereocenters. The van der Waals surface area contributed by atoms with E-state index >= 15 is 0 Å². The maximum absolute atomic E-state index is 11.9. The normalized spacial score (nSPS) is 11.2. The van der Waals surface area contributed by atoms with Crippen molar-refractivity contribution < 1.29 is 9.63 Å². The fourth-order valence-corrected chi connectivity index (χ4v) is 2.52. The van der Waals surface area contributed by atoms with Crippen molar-refractivity contribution in [3.63, 3.8) is 0 Å². The van der Waals surface area contributed by atoms with Crippen LogP contribution >= 0.6 is 0 Å². The predicted octanol–water partition coefficient (Wildman–Crippen LogP) is 3.26. The van der Waals surface area contributed by atoms with Crippen LogP contribution in [0.3, 0.4) is 0 Å². The van der Waals surface area contributed by atoms with Gasteiger partial charge in [0.1, 0.15) is 12.8 Å². The first-order chi connectivity index (χ1) is 11.1. The molecule has 0 heterocycles. The molecule has 2 aromatic rings. The number of hydrogen-bond acceptors (Lipinski definition) is 3. The average molecular weight is 310 g/mol. The van der Waals surface area contributed by atoms with E-state index in [1.807, 2.05) is 19.1 Å². The van der Waals surface area contributed by atoms with Gasteiger partial charge >= 0.3 is 0 Å². The van der Waals surface area contributed by atoms with Gasteiger partial charge in [-0.1, -0.05) is 47.6 Å². The number of benzene rings is 2. The number of carbonyl (C=O) groups is 1. The minimum absolute atomic E-state index is 0.229. The molecule has 0 aliphatic rings. The zero-order chi connectivity index (χ0) is 16.8. The van der Waals surface area contributed by atoms with Gasteiger partial charge in [0, 0.05) is 13.5 Å². The highest BCUT2D eigenvalue weighted by Crippen LogP contribution is 2.25. The molecule has 0 fully saturated rings. The van der Waals surface area contributed by atoms with Crippen molar-refractivity contribution in [1.82, 2.24) is 5.32 Å². The largest absolute Gasteiger partial charge is 0.399 e. The molecule has 0 atom stereocenters. The number of hydrogen-bond donors (Lipinski definition) is 1. The van der Waals surface area contributed by atoms with E-state index in [1.165, 1.54) is 18.2 Å². The van der Waals surface area contributed by atoms with E-state index in [4.69, 9.17) is 4.84 Å². The van der Waals surface area contributed by atoms with Crippen molar-refractivity contribution in [2.75, 3.05) is 14.2 Å². The standard InChI is InChI=1S/C19H22N2O2/c1-13-9-10-15(17-8-6-5-7-14(17)2)11-16(13)12-18(21-23-4)19(22)20-3/h5-11H,12H2,1-4H3,(H,20,22). The monoisotopic (exact) mass is 310 g/mol.